The summed E-state index contributed by atoms with van der Waals surface area (Å²) in [6.07, 6.45) is 1.14. The Morgan fingerprint density at radius 3 is 2.35 bits per heavy atom. The van der Waals surface area contributed by atoms with E-state index >= 15 is 0 Å². The van der Waals surface area contributed by atoms with Crippen LogP contribution in [0, 0.1) is 6.92 Å². The Hall–Kier alpha value is -1.22. The average Bonchev–Trinajstić information content (AvgIpc) is 2.25. The molecule has 0 saturated carbocycles. The van der Waals surface area contributed by atoms with Crippen molar-refractivity contribution in [3.05, 3.63) is 23.8 Å². The van der Waals surface area contributed by atoms with Crippen LogP contribution in [0.2, 0.25) is 0 Å². The number of aryl methyl sites for hydroxylation is 1. The van der Waals surface area contributed by atoms with Gasteiger partial charge in [-0.2, -0.15) is 0 Å². The molecule has 0 atom stereocenters. The van der Waals surface area contributed by atoms with E-state index in [-0.39, 0.29) is 0 Å². The number of para-hydroxylation sites is 1. The molecule has 1 rings (SSSR count). The lowest BCUT2D eigenvalue weighted by Crippen LogP contribution is -2.33. The first-order valence-electron chi connectivity index (χ1n) is 6.31. The van der Waals surface area contributed by atoms with Gasteiger partial charge in [-0.15, -0.1) is 0 Å². The molecule has 1 aromatic rings. The van der Waals surface area contributed by atoms with Gasteiger partial charge in [0.2, 0.25) is 0 Å². The minimum Gasteiger partial charge on any atom is -0.397 e. The lowest BCUT2D eigenvalue weighted by Gasteiger charge is -2.28. The van der Waals surface area contributed by atoms with Gasteiger partial charge in [-0.05, 0) is 39.1 Å². The summed E-state index contributed by atoms with van der Waals surface area (Å²) in [5.74, 6) is 0. The molecule has 0 heterocycles. The number of hydrogen-bond acceptors (Lipinski definition) is 3. The Morgan fingerprint density at radius 1 is 1.12 bits per heavy atom. The van der Waals surface area contributed by atoms with Crippen molar-refractivity contribution in [3.63, 3.8) is 0 Å². The molecule has 96 valence electrons. The molecule has 17 heavy (non-hydrogen) atoms. The van der Waals surface area contributed by atoms with Gasteiger partial charge in [0.1, 0.15) is 0 Å². The SMILES string of the molecule is CCCN(CCN(C)C)c1c(C)cccc1N. The highest BCUT2D eigenvalue weighted by atomic mass is 15.2. The van der Waals surface area contributed by atoms with Crippen molar-refractivity contribution in [1.82, 2.24) is 4.90 Å². The zero-order chi connectivity index (χ0) is 12.8. The predicted molar refractivity (Wildman–Crippen MR) is 76.6 cm³/mol. The van der Waals surface area contributed by atoms with Crippen LogP contribution >= 0.6 is 0 Å². The van der Waals surface area contributed by atoms with E-state index in [9.17, 15) is 0 Å². The number of nitrogen functional groups attached to an aromatic ring is 1. The summed E-state index contributed by atoms with van der Waals surface area (Å²) in [5.41, 5.74) is 9.46. The molecule has 0 unspecified atom stereocenters. The maximum atomic E-state index is 6.10. The van der Waals surface area contributed by atoms with E-state index < -0.39 is 0 Å². The summed E-state index contributed by atoms with van der Waals surface area (Å²) in [6.45, 7) is 7.47. The minimum absolute atomic E-state index is 0.886. The highest BCUT2D eigenvalue weighted by molar-refractivity contribution is 5.71. The molecule has 3 nitrogen and oxygen atoms in total. The Bertz CT molecular complexity index is 327. The number of benzene rings is 1. The van der Waals surface area contributed by atoms with Gasteiger partial charge in [0.25, 0.3) is 0 Å². The molecule has 0 aliphatic rings. The summed E-state index contributed by atoms with van der Waals surface area (Å²) in [7, 11) is 4.21. The van der Waals surface area contributed by atoms with Gasteiger partial charge in [-0.1, -0.05) is 19.1 Å². The van der Waals surface area contributed by atoms with E-state index in [4.69, 9.17) is 5.73 Å². The van der Waals surface area contributed by atoms with Gasteiger partial charge in [-0.3, -0.25) is 0 Å². The van der Waals surface area contributed by atoms with Gasteiger partial charge in [0, 0.05) is 19.6 Å². The quantitative estimate of drug-likeness (QED) is 0.768. The molecule has 2 N–H and O–H groups in total. The third-order valence-electron chi connectivity index (χ3n) is 2.90. The third-order valence-corrected chi connectivity index (χ3v) is 2.90. The van der Waals surface area contributed by atoms with Gasteiger partial charge >= 0.3 is 0 Å². The standard InChI is InChI=1S/C14H25N3/c1-5-9-17(11-10-16(3)4)14-12(2)7-6-8-13(14)15/h6-8H,5,9-11,15H2,1-4H3. The molecule has 0 saturated heterocycles. The number of rotatable bonds is 6. The van der Waals surface area contributed by atoms with E-state index in [0.29, 0.717) is 0 Å². The first-order chi connectivity index (χ1) is 8.06. The van der Waals surface area contributed by atoms with Gasteiger partial charge in [0.05, 0.1) is 11.4 Å². The maximum absolute atomic E-state index is 6.10. The molecule has 1 aromatic carbocycles. The van der Waals surface area contributed by atoms with Crippen LogP contribution < -0.4 is 10.6 Å². The van der Waals surface area contributed by atoms with Crippen molar-refractivity contribution in [2.75, 3.05) is 44.4 Å². The topological polar surface area (TPSA) is 32.5 Å². The molecule has 0 fully saturated rings. The Balaban J connectivity index is 2.88. The molecular weight excluding hydrogens is 210 g/mol. The molecule has 0 aliphatic carbocycles. The largest absolute Gasteiger partial charge is 0.397 e. The van der Waals surface area contributed by atoms with Gasteiger partial charge < -0.3 is 15.5 Å². The van der Waals surface area contributed by atoms with E-state index in [1.807, 2.05) is 12.1 Å². The number of anilines is 2. The summed E-state index contributed by atoms with van der Waals surface area (Å²) in [6, 6.07) is 6.13. The van der Waals surface area contributed by atoms with Crippen molar-refractivity contribution in [3.8, 4) is 0 Å². The van der Waals surface area contributed by atoms with Crippen LogP contribution in [0.15, 0.2) is 18.2 Å². The fraction of sp³-hybridized carbons (Fsp3) is 0.571. The van der Waals surface area contributed by atoms with E-state index in [2.05, 4.69) is 43.8 Å². The second kappa shape index (κ2) is 6.50. The van der Waals surface area contributed by atoms with E-state index in [0.717, 1.165) is 31.7 Å². The van der Waals surface area contributed by atoms with Crippen molar-refractivity contribution in [2.24, 2.45) is 0 Å². The van der Waals surface area contributed by atoms with Crippen LogP contribution in [-0.2, 0) is 0 Å². The number of likely N-dealkylation sites (N-methyl/N-ethyl adjacent to an activating group) is 1. The highest BCUT2D eigenvalue weighted by Gasteiger charge is 2.11. The third kappa shape index (κ3) is 3.93. The Labute approximate surface area is 105 Å². The van der Waals surface area contributed by atoms with Crippen molar-refractivity contribution in [2.45, 2.75) is 20.3 Å². The van der Waals surface area contributed by atoms with Crippen molar-refractivity contribution >= 4 is 11.4 Å². The van der Waals surface area contributed by atoms with Crippen LogP contribution in [0.25, 0.3) is 0 Å². The zero-order valence-electron chi connectivity index (χ0n) is 11.5. The fourth-order valence-corrected chi connectivity index (χ4v) is 2.04. The van der Waals surface area contributed by atoms with Gasteiger partial charge in [0.15, 0.2) is 0 Å². The summed E-state index contributed by atoms with van der Waals surface area (Å²) >= 11 is 0. The zero-order valence-corrected chi connectivity index (χ0v) is 11.5. The molecule has 0 spiro atoms. The first kappa shape index (κ1) is 13.8. The normalized spacial score (nSPS) is 10.9. The van der Waals surface area contributed by atoms with Crippen LogP contribution in [0.4, 0.5) is 11.4 Å². The van der Waals surface area contributed by atoms with Gasteiger partial charge in [-0.25, -0.2) is 0 Å². The second-order valence-electron chi connectivity index (χ2n) is 4.80. The fourth-order valence-electron chi connectivity index (χ4n) is 2.04. The monoisotopic (exact) mass is 235 g/mol. The molecule has 0 radical (unpaired) electrons. The highest BCUT2D eigenvalue weighted by Crippen LogP contribution is 2.27. The predicted octanol–water partition coefficient (Wildman–Crippen LogP) is 2.36. The second-order valence-corrected chi connectivity index (χ2v) is 4.80. The maximum Gasteiger partial charge on any atom is 0.0630 e. The summed E-state index contributed by atoms with van der Waals surface area (Å²) < 4.78 is 0. The minimum atomic E-state index is 0.886. The summed E-state index contributed by atoms with van der Waals surface area (Å²) in [4.78, 5) is 4.60. The smallest absolute Gasteiger partial charge is 0.0630 e. The molecular formula is C14H25N3. The molecule has 0 bridgehead atoms. The number of nitrogens with zero attached hydrogens (tertiary/aromatic N) is 2. The van der Waals surface area contributed by atoms with Crippen molar-refractivity contribution in [1.29, 1.82) is 0 Å². The summed E-state index contributed by atoms with van der Waals surface area (Å²) in [5, 5.41) is 0. The van der Waals surface area contributed by atoms with Crippen LogP contribution in [0.1, 0.15) is 18.9 Å². The lowest BCUT2D eigenvalue weighted by atomic mass is 10.1. The first-order valence-corrected chi connectivity index (χ1v) is 6.31. The molecule has 3 heteroatoms. The number of hydrogen-bond donors (Lipinski definition) is 1. The van der Waals surface area contributed by atoms with E-state index in [1.54, 1.807) is 0 Å². The average molecular weight is 235 g/mol. The lowest BCUT2D eigenvalue weighted by molar-refractivity contribution is 0.413. The van der Waals surface area contributed by atoms with E-state index in [1.165, 1.54) is 11.3 Å². The number of nitrogens with two attached hydrogens (primary N) is 1. The van der Waals surface area contributed by atoms with Crippen LogP contribution in [0.5, 0.6) is 0 Å². The molecule has 0 aliphatic heterocycles. The Kier molecular flexibility index (Phi) is 5.29. The Morgan fingerprint density at radius 2 is 1.82 bits per heavy atom. The molecule has 0 aromatic heterocycles. The van der Waals surface area contributed by atoms with Crippen LogP contribution in [0.3, 0.4) is 0 Å². The molecule has 0 amide bonds. The van der Waals surface area contributed by atoms with Crippen molar-refractivity contribution < 1.29 is 0 Å². The van der Waals surface area contributed by atoms with Crippen LogP contribution in [-0.4, -0.2) is 38.6 Å².